The zero-order chi connectivity index (χ0) is 19.2. The summed E-state index contributed by atoms with van der Waals surface area (Å²) in [7, 11) is -2.62. The number of benzene rings is 2. The van der Waals surface area contributed by atoms with Gasteiger partial charge in [0.1, 0.15) is 18.1 Å². The van der Waals surface area contributed by atoms with Gasteiger partial charge in [-0.25, -0.2) is 0 Å². The predicted octanol–water partition coefficient (Wildman–Crippen LogP) is 2.63. The predicted molar refractivity (Wildman–Crippen MR) is 98.0 cm³/mol. The third kappa shape index (κ3) is 4.79. The van der Waals surface area contributed by atoms with Crippen molar-refractivity contribution in [2.24, 2.45) is 4.36 Å². The smallest absolute Gasteiger partial charge is 0.311 e. The van der Waals surface area contributed by atoms with Crippen molar-refractivity contribution in [3.8, 4) is 5.75 Å². The first-order valence-corrected chi connectivity index (χ1v) is 9.46. The maximum Gasteiger partial charge on any atom is 0.311 e. The molecule has 0 spiro atoms. The molecule has 1 amide bonds. The highest BCUT2D eigenvalue weighted by Crippen LogP contribution is 2.33. The maximum atomic E-state index is 12.5. The lowest BCUT2D eigenvalue weighted by Crippen LogP contribution is -2.32. The number of carbonyl (C=O) groups excluding carboxylic acids is 2. The molecule has 1 aliphatic rings. The van der Waals surface area contributed by atoms with Crippen molar-refractivity contribution >= 4 is 22.7 Å². The lowest BCUT2D eigenvalue weighted by Gasteiger charge is -2.27. The topological polar surface area (TPSA) is 102 Å². The summed E-state index contributed by atoms with van der Waals surface area (Å²) < 4.78 is 31.3. The molecule has 0 radical (unpaired) electrons. The number of hydrogen-bond donors (Lipinski definition) is 1. The molecule has 2 aromatic rings. The van der Waals surface area contributed by atoms with Crippen LogP contribution in [0.5, 0.6) is 5.75 Å². The van der Waals surface area contributed by atoms with E-state index in [1.807, 2.05) is 0 Å². The van der Waals surface area contributed by atoms with E-state index in [2.05, 4.69) is 9.68 Å². The Balaban J connectivity index is 1.75. The van der Waals surface area contributed by atoms with Gasteiger partial charge in [0.25, 0.3) is 0 Å². The number of carbonyl (C=O) groups is 2. The Hall–Kier alpha value is -3.00. The molecule has 8 heteroatoms. The molecule has 0 aromatic heterocycles. The van der Waals surface area contributed by atoms with E-state index in [1.54, 1.807) is 48.5 Å². The molecule has 7 nitrogen and oxygen atoms in total. The van der Waals surface area contributed by atoms with Gasteiger partial charge in [0, 0.05) is 17.5 Å². The van der Waals surface area contributed by atoms with Crippen LogP contribution in [0.4, 0.5) is 0 Å². The molecule has 140 valence electrons. The number of nitrogens with zero attached hydrogens (tertiary/aromatic N) is 1. The minimum absolute atomic E-state index is 0.0862. The highest BCUT2D eigenvalue weighted by Gasteiger charge is 2.25. The molecule has 1 aliphatic heterocycles. The van der Waals surface area contributed by atoms with Gasteiger partial charge in [-0.2, -0.15) is 12.8 Å². The second-order valence-electron chi connectivity index (χ2n) is 6.13. The Labute approximate surface area is 158 Å². The van der Waals surface area contributed by atoms with E-state index in [-0.39, 0.29) is 18.4 Å². The molecule has 2 unspecified atom stereocenters. The molecule has 2 aromatic carbocycles. The van der Waals surface area contributed by atoms with Crippen LogP contribution in [0, 0.1) is 0 Å². The van der Waals surface area contributed by atoms with Gasteiger partial charge in [-0.05, 0) is 11.6 Å². The Morgan fingerprint density at radius 3 is 2.74 bits per heavy atom. The fraction of sp³-hybridized carbons (Fsp3) is 0.263. The first kappa shape index (κ1) is 18.8. The van der Waals surface area contributed by atoms with Crippen molar-refractivity contribution in [3.63, 3.8) is 0 Å². The SMILES string of the molecule is O=Cc1ccc2c(c1)OCCC2NC(=O)CC(N=S(=O)=O)c1ccccc1. The van der Waals surface area contributed by atoms with Crippen molar-refractivity contribution in [1.29, 1.82) is 0 Å². The normalized spacial score (nSPS) is 16.4. The highest BCUT2D eigenvalue weighted by molar-refractivity contribution is 7.61. The first-order chi connectivity index (χ1) is 13.1. The van der Waals surface area contributed by atoms with Crippen molar-refractivity contribution in [2.75, 3.05) is 6.61 Å². The van der Waals surface area contributed by atoms with Crippen LogP contribution in [0.1, 0.15) is 46.4 Å². The quantitative estimate of drug-likeness (QED) is 0.769. The van der Waals surface area contributed by atoms with Gasteiger partial charge in [-0.15, -0.1) is 0 Å². The summed E-state index contributed by atoms with van der Waals surface area (Å²) in [5.74, 6) is 0.261. The van der Waals surface area contributed by atoms with Crippen LogP contribution in [0.15, 0.2) is 52.9 Å². The van der Waals surface area contributed by atoms with E-state index in [0.717, 1.165) is 11.8 Å². The molecule has 1 N–H and O–H groups in total. The third-order valence-corrected chi connectivity index (χ3v) is 4.75. The van der Waals surface area contributed by atoms with Crippen LogP contribution in [0.2, 0.25) is 0 Å². The van der Waals surface area contributed by atoms with E-state index >= 15 is 0 Å². The molecule has 27 heavy (non-hydrogen) atoms. The van der Waals surface area contributed by atoms with E-state index in [0.29, 0.717) is 29.9 Å². The van der Waals surface area contributed by atoms with Gasteiger partial charge in [0.15, 0.2) is 0 Å². The lowest BCUT2D eigenvalue weighted by atomic mass is 9.98. The van der Waals surface area contributed by atoms with Gasteiger partial charge in [-0.1, -0.05) is 42.5 Å². The van der Waals surface area contributed by atoms with Gasteiger partial charge in [0.2, 0.25) is 5.91 Å². The largest absolute Gasteiger partial charge is 0.493 e. The van der Waals surface area contributed by atoms with Crippen molar-refractivity contribution in [1.82, 2.24) is 5.32 Å². The minimum atomic E-state index is -2.62. The molecule has 0 saturated carbocycles. The van der Waals surface area contributed by atoms with Crippen LogP contribution in [0.25, 0.3) is 0 Å². The standard InChI is InChI=1S/C19H18N2O5S/c22-12-13-6-7-15-16(8-9-26-18(15)10-13)20-19(23)11-17(21-27(24)25)14-4-2-1-3-5-14/h1-7,10,12,16-17H,8-9,11H2,(H,20,23). The van der Waals surface area contributed by atoms with E-state index < -0.39 is 16.5 Å². The number of hydrogen-bond acceptors (Lipinski definition) is 6. The fourth-order valence-corrected chi connectivity index (χ4v) is 3.46. The molecular formula is C19H18N2O5S. The average Bonchev–Trinajstić information content (AvgIpc) is 2.67. The second-order valence-corrected chi connectivity index (χ2v) is 6.77. The molecule has 0 saturated heterocycles. The van der Waals surface area contributed by atoms with Gasteiger partial charge in [-0.3, -0.25) is 9.59 Å². The molecule has 0 aliphatic carbocycles. The Morgan fingerprint density at radius 1 is 1.26 bits per heavy atom. The van der Waals surface area contributed by atoms with Crippen LogP contribution in [-0.2, 0) is 15.3 Å². The number of fused-ring (bicyclic) bond motifs is 1. The zero-order valence-corrected chi connectivity index (χ0v) is 15.2. The average molecular weight is 386 g/mol. The summed E-state index contributed by atoms with van der Waals surface area (Å²) in [6, 6.07) is 12.8. The maximum absolute atomic E-state index is 12.5. The number of rotatable bonds is 6. The van der Waals surface area contributed by atoms with Crippen LogP contribution in [0.3, 0.4) is 0 Å². The van der Waals surface area contributed by atoms with E-state index in [9.17, 15) is 18.0 Å². The number of amides is 1. The molecule has 3 rings (SSSR count). The van der Waals surface area contributed by atoms with Crippen LogP contribution >= 0.6 is 0 Å². The van der Waals surface area contributed by atoms with Crippen LogP contribution < -0.4 is 10.1 Å². The van der Waals surface area contributed by atoms with Crippen molar-refractivity contribution in [2.45, 2.75) is 24.9 Å². The van der Waals surface area contributed by atoms with E-state index in [4.69, 9.17) is 4.74 Å². The third-order valence-electron chi connectivity index (χ3n) is 4.32. The number of aldehydes is 1. The second kappa shape index (κ2) is 8.59. The first-order valence-electron chi connectivity index (χ1n) is 8.43. The monoisotopic (exact) mass is 386 g/mol. The van der Waals surface area contributed by atoms with Crippen molar-refractivity contribution in [3.05, 3.63) is 65.2 Å². The summed E-state index contributed by atoms with van der Waals surface area (Å²) in [6.45, 7) is 0.414. The fourth-order valence-electron chi connectivity index (χ4n) is 3.05. The number of ether oxygens (including phenoxy) is 1. The van der Waals surface area contributed by atoms with Gasteiger partial charge >= 0.3 is 10.5 Å². The number of nitrogens with one attached hydrogen (secondary N) is 1. The lowest BCUT2D eigenvalue weighted by molar-refractivity contribution is -0.122. The Morgan fingerprint density at radius 2 is 2.04 bits per heavy atom. The Kier molecular flexibility index (Phi) is 5.97. The van der Waals surface area contributed by atoms with Crippen LogP contribution in [-0.4, -0.2) is 27.2 Å². The summed E-state index contributed by atoms with van der Waals surface area (Å²) in [6.07, 6.45) is 1.23. The van der Waals surface area contributed by atoms with E-state index in [1.165, 1.54) is 0 Å². The molecular weight excluding hydrogens is 368 g/mol. The van der Waals surface area contributed by atoms with Gasteiger partial charge in [0.05, 0.1) is 19.1 Å². The van der Waals surface area contributed by atoms with Crippen molar-refractivity contribution < 1.29 is 22.7 Å². The summed E-state index contributed by atoms with van der Waals surface area (Å²) in [5, 5.41) is 2.92. The van der Waals surface area contributed by atoms with Gasteiger partial charge < -0.3 is 10.1 Å². The zero-order valence-electron chi connectivity index (χ0n) is 14.4. The molecule has 1 heterocycles. The summed E-state index contributed by atoms with van der Waals surface area (Å²) in [4.78, 5) is 23.4. The molecule has 0 fully saturated rings. The minimum Gasteiger partial charge on any atom is -0.493 e. The Bertz CT molecular complexity index is 965. The molecule has 0 bridgehead atoms. The summed E-state index contributed by atoms with van der Waals surface area (Å²) in [5.41, 5.74) is 1.95. The summed E-state index contributed by atoms with van der Waals surface area (Å²) >= 11 is 0. The molecule has 2 atom stereocenters. The highest BCUT2D eigenvalue weighted by atomic mass is 32.2.